The van der Waals surface area contributed by atoms with Gasteiger partial charge in [0.05, 0.1) is 12.2 Å². The monoisotopic (exact) mass is 442 g/mol. The molecule has 32 heavy (non-hydrogen) atoms. The molecular formula is C30H50O2. The Balaban J connectivity index is 1.58. The van der Waals surface area contributed by atoms with E-state index in [0.717, 1.165) is 6.42 Å². The molecule has 0 amide bonds. The van der Waals surface area contributed by atoms with E-state index in [1.54, 1.807) is 5.57 Å². The van der Waals surface area contributed by atoms with E-state index in [4.69, 9.17) is 0 Å². The maximum Gasteiger partial charge on any atom is 0.0624 e. The van der Waals surface area contributed by atoms with Crippen LogP contribution < -0.4 is 0 Å². The van der Waals surface area contributed by atoms with Gasteiger partial charge in [0.2, 0.25) is 0 Å². The highest BCUT2D eigenvalue weighted by Crippen LogP contribution is 2.76. The number of hydrogen-bond donors (Lipinski definition) is 2. The van der Waals surface area contributed by atoms with Crippen LogP contribution in [-0.2, 0) is 0 Å². The first kappa shape index (κ1) is 23.4. The van der Waals surface area contributed by atoms with Gasteiger partial charge in [-0.15, -0.1) is 0 Å². The summed E-state index contributed by atoms with van der Waals surface area (Å²) in [5, 5.41) is 22.4. The second kappa shape index (κ2) is 6.66. The molecule has 0 unspecified atom stereocenters. The first-order valence-electron chi connectivity index (χ1n) is 13.7. The number of aliphatic hydroxyl groups is 2. The van der Waals surface area contributed by atoms with Crippen LogP contribution in [0.2, 0.25) is 0 Å². The number of allylic oxidation sites excluding steroid dienone is 2. The van der Waals surface area contributed by atoms with Crippen LogP contribution in [0, 0.1) is 50.2 Å². The average molecular weight is 443 g/mol. The van der Waals surface area contributed by atoms with Crippen molar-refractivity contribution < 1.29 is 10.2 Å². The van der Waals surface area contributed by atoms with Crippen LogP contribution in [-0.4, -0.2) is 22.4 Å². The van der Waals surface area contributed by atoms with Crippen LogP contribution in [0.15, 0.2) is 11.6 Å². The van der Waals surface area contributed by atoms with Crippen molar-refractivity contribution in [3.05, 3.63) is 11.6 Å². The average Bonchev–Trinajstić information content (AvgIpc) is 2.68. The van der Waals surface area contributed by atoms with E-state index in [0.29, 0.717) is 40.4 Å². The number of fused-ring (bicyclic) bond motifs is 7. The van der Waals surface area contributed by atoms with Crippen molar-refractivity contribution in [2.75, 3.05) is 0 Å². The molecule has 0 aromatic carbocycles. The number of hydrogen-bond acceptors (Lipinski definition) is 2. The van der Waals surface area contributed by atoms with Gasteiger partial charge in [0.15, 0.2) is 0 Å². The molecule has 2 N–H and O–H groups in total. The van der Waals surface area contributed by atoms with E-state index < -0.39 is 6.10 Å². The van der Waals surface area contributed by atoms with Gasteiger partial charge in [0.1, 0.15) is 0 Å². The summed E-state index contributed by atoms with van der Waals surface area (Å²) in [5.41, 5.74) is 2.88. The Labute approximate surface area is 197 Å². The quantitative estimate of drug-likeness (QED) is 0.391. The van der Waals surface area contributed by atoms with Crippen molar-refractivity contribution >= 4 is 0 Å². The predicted molar refractivity (Wildman–Crippen MR) is 132 cm³/mol. The van der Waals surface area contributed by atoms with Crippen LogP contribution in [0.5, 0.6) is 0 Å². The van der Waals surface area contributed by atoms with Crippen LogP contribution in [0.1, 0.15) is 113 Å². The molecule has 0 aliphatic heterocycles. The van der Waals surface area contributed by atoms with E-state index in [2.05, 4.69) is 61.5 Å². The summed E-state index contributed by atoms with van der Waals surface area (Å²) in [6.07, 6.45) is 12.7. The predicted octanol–water partition coefficient (Wildman–Crippen LogP) is 7.14. The van der Waals surface area contributed by atoms with Crippen LogP contribution in [0.25, 0.3) is 0 Å². The minimum absolute atomic E-state index is 0.0926. The third-order valence-electron chi connectivity index (χ3n) is 13.1. The van der Waals surface area contributed by atoms with Gasteiger partial charge < -0.3 is 10.2 Å². The second-order valence-electron chi connectivity index (χ2n) is 15.2. The van der Waals surface area contributed by atoms with E-state index >= 15 is 0 Å². The Bertz CT molecular complexity index is 825. The molecule has 0 aromatic heterocycles. The van der Waals surface area contributed by atoms with Crippen molar-refractivity contribution in [3.8, 4) is 0 Å². The van der Waals surface area contributed by atoms with Gasteiger partial charge >= 0.3 is 0 Å². The highest BCUT2D eigenvalue weighted by atomic mass is 16.3. The summed E-state index contributed by atoms with van der Waals surface area (Å²) in [4.78, 5) is 0. The Morgan fingerprint density at radius 2 is 1.34 bits per heavy atom. The Kier molecular flexibility index (Phi) is 4.87. The van der Waals surface area contributed by atoms with Gasteiger partial charge in [0.25, 0.3) is 0 Å². The molecule has 0 heterocycles. The van der Waals surface area contributed by atoms with Crippen molar-refractivity contribution in [3.63, 3.8) is 0 Å². The number of rotatable bonds is 0. The Morgan fingerprint density at radius 1 is 0.688 bits per heavy atom. The summed E-state index contributed by atoms with van der Waals surface area (Å²) in [6, 6.07) is 0. The first-order chi connectivity index (χ1) is 14.6. The van der Waals surface area contributed by atoms with Crippen LogP contribution in [0.3, 0.4) is 0 Å². The molecule has 5 aliphatic rings. The summed E-state index contributed by atoms with van der Waals surface area (Å²) in [5.74, 6) is 1.63. The second-order valence-corrected chi connectivity index (χ2v) is 15.2. The first-order valence-corrected chi connectivity index (χ1v) is 13.7. The highest BCUT2D eigenvalue weighted by molar-refractivity contribution is 5.32. The molecule has 4 fully saturated rings. The zero-order valence-corrected chi connectivity index (χ0v) is 22.2. The summed E-state index contributed by atoms with van der Waals surface area (Å²) in [7, 11) is 0. The minimum Gasteiger partial charge on any atom is -0.392 e. The van der Waals surface area contributed by atoms with Gasteiger partial charge in [-0.25, -0.2) is 0 Å². The largest absolute Gasteiger partial charge is 0.392 e. The SMILES string of the molecule is CC1(C)C=C2[C@H]3CC[C@@H]4[C@@]5(C)[C@@H](O)C[C@H](O)C(C)(C)[C@@H]5CC[C@@]4(C)[C@]3(C)CC[C@@]2(C)CC1. The van der Waals surface area contributed by atoms with E-state index in [9.17, 15) is 10.2 Å². The topological polar surface area (TPSA) is 40.5 Å². The van der Waals surface area contributed by atoms with Crippen molar-refractivity contribution in [2.24, 2.45) is 50.2 Å². The smallest absolute Gasteiger partial charge is 0.0624 e. The lowest BCUT2D eigenvalue weighted by Gasteiger charge is -2.73. The molecule has 0 radical (unpaired) electrons. The third-order valence-corrected chi connectivity index (χ3v) is 13.1. The zero-order chi connectivity index (χ0) is 23.5. The lowest BCUT2D eigenvalue weighted by atomic mass is 9.32. The summed E-state index contributed by atoms with van der Waals surface area (Å²) in [6.45, 7) is 19.7. The van der Waals surface area contributed by atoms with Gasteiger partial charge in [-0.1, -0.05) is 67.0 Å². The minimum atomic E-state index is -0.392. The third kappa shape index (κ3) is 2.72. The molecule has 0 saturated heterocycles. The standard InChI is InChI=1S/C30H50O2/c1-25(2)13-14-27(5)15-16-28(6)19(20(27)18-25)9-10-22-29(28,7)12-11-21-26(3,4)23(31)17-24(32)30(21,22)8/h18-19,21-24,31-32H,9-17H2,1-8H3/t19-,21+,22+,23+,24+,27-,28-,29-,30+/m1/s1. The molecule has 182 valence electrons. The van der Waals surface area contributed by atoms with E-state index in [-0.39, 0.29) is 22.3 Å². The molecule has 9 atom stereocenters. The highest BCUT2D eigenvalue weighted by Gasteiger charge is 2.70. The van der Waals surface area contributed by atoms with Crippen molar-refractivity contribution in [1.82, 2.24) is 0 Å². The van der Waals surface area contributed by atoms with Crippen LogP contribution >= 0.6 is 0 Å². The molecule has 4 saturated carbocycles. The lowest BCUT2D eigenvalue weighted by Crippen LogP contribution is -2.69. The maximum atomic E-state index is 11.5. The molecule has 5 rings (SSSR count). The molecule has 5 aliphatic carbocycles. The van der Waals surface area contributed by atoms with Gasteiger partial charge in [-0.3, -0.25) is 0 Å². The summed E-state index contributed by atoms with van der Waals surface area (Å²) < 4.78 is 0. The van der Waals surface area contributed by atoms with Crippen LogP contribution in [0.4, 0.5) is 0 Å². The normalized spacial score (nSPS) is 56.2. The molecule has 2 nitrogen and oxygen atoms in total. The fraction of sp³-hybridized carbons (Fsp3) is 0.933. The van der Waals surface area contributed by atoms with Crippen molar-refractivity contribution in [2.45, 2.75) is 125 Å². The van der Waals surface area contributed by atoms with Gasteiger partial charge in [0, 0.05) is 11.8 Å². The van der Waals surface area contributed by atoms with E-state index in [1.807, 2.05) is 0 Å². The maximum absolute atomic E-state index is 11.5. The fourth-order valence-electron chi connectivity index (χ4n) is 10.6. The molecule has 0 spiro atoms. The van der Waals surface area contributed by atoms with E-state index in [1.165, 1.54) is 44.9 Å². The number of aliphatic hydroxyl groups excluding tert-OH is 2. The van der Waals surface area contributed by atoms with Crippen molar-refractivity contribution in [1.29, 1.82) is 0 Å². The lowest BCUT2D eigenvalue weighted by molar-refractivity contribution is -0.262. The molecular weight excluding hydrogens is 392 g/mol. The van der Waals surface area contributed by atoms with Gasteiger partial charge in [-0.2, -0.15) is 0 Å². The Morgan fingerprint density at radius 3 is 2.03 bits per heavy atom. The Hall–Kier alpha value is -0.340. The molecule has 0 aromatic rings. The zero-order valence-electron chi connectivity index (χ0n) is 22.2. The summed E-state index contributed by atoms with van der Waals surface area (Å²) >= 11 is 0. The molecule has 2 heteroatoms. The van der Waals surface area contributed by atoms with Gasteiger partial charge in [-0.05, 0) is 96.2 Å². The fourth-order valence-corrected chi connectivity index (χ4v) is 10.6. The molecule has 0 bridgehead atoms.